The van der Waals surface area contributed by atoms with Crippen LogP contribution >= 0.6 is 0 Å². The normalized spacial score (nSPS) is 20.9. The van der Waals surface area contributed by atoms with Gasteiger partial charge in [-0.25, -0.2) is 12.8 Å². The summed E-state index contributed by atoms with van der Waals surface area (Å²) in [5.74, 6) is -0.669. The van der Waals surface area contributed by atoms with Gasteiger partial charge in [-0.15, -0.1) is 0 Å². The first-order valence-corrected chi connectivity index (χ1v) is 8.08. The van der Waals surface area contributed by atoms with Gasteiger partial charge < -0.3 is 5.32 Å². The highest BCUT2D eigenvalue weighted by molar-refractivity contribution is 7.90. The lowest BCUT2D eigenvalue weighted by Crippen LogP contribution is -2.35. The second kappa shape index (κ2) is 5.36. The molecule has 5 heteroatoms. The fraction of sp³-hybridized carbons (Fsp3) is 0.538. The van der Waals surface area contributed by atoms with Gasteiger partial charge in [-0.3, -0.25) is 0 Å². The Morgan fingerprint density at radius 1 is 1.39 bits per heavy atom. The molecule has 0 aromatic heterocycles. The van der Waals surface area contributed by atoms with Gasteiger partial charge in [-0.05, 0) is 43.5 Å². The zero-order chi connectivity index (χ0) is 13.2. The average Bonchev–Trinajstić information content (AvgIpc) is 2.31. The third-order valence-electron chi connectivity index (χ3n) is 3.29. The van der Waals surface area contributed by atoms with Crippen LogP contribution in [0.1, 0.15) is 24.8 Å². The summed E-state index contributed by atoms with van der Waals surface area (Å²) in [7, 11) is -3.49. The Morgan fingerprint density at radius 2 is 2.17 bits per heavy atom. The second-order valence-corrected chi connectivity index (χ2v) is 6.87. The highest BCUT2D eigenvalue weighted by Crippen LogP contribution is 2.19. The van der Waals surface area contributed by atoms with Gasteiger partial charge in [0, 0.05) is 12.3 Å². The van der Waals surface area contributed by atoms with Crippen LogP contribution in [0.15, 0.2) is 23.1 Å². The van der Waals surface area contributed by atoms with Gasteiger partial charge in [0.2, 0.25) is 0 Å². The Hall–Kier alpha value is -0.940. The van der Waals surface area contributed by atoms with E-state index in [0.717, 1.165) is 31.2 Å². The van der Waals surface area contributed by atoms with Crippen LogP contribution in [-0.2, 0) is 16.3 Å². The highest BCUT2D eigenvalue weighted by Gasteiger charge is 2.17. The maximum absolute atomic E-state index is 13.4. The predicted octanol–water partition coefficient (Wildman–Crippen LogP) is 1.91. The maximum Gasteiger partial charge on any atom is 0.178 e. The molecule has 0 radical (unpaired) electrons. The van der Waals surface area contributed by atoms with Crippen LogP contribution in [0.25, 0.3) is 0 Å². The van der Waals surface area contributed by atoms with Crippen LogP contribution < -0.4 is 5.32 Å². The van der Waals surface area contributed by atoms with Crippen molar-refractivity contribution in [1.29, 1.82) is 0 Å². The Morgan fingerprint density at radius 3 is 2.78 bits per heavy atom. The molecule has 1 heterocycles. The molecule has 1 saturated heterocycles. The monoisotopic (exact) mass is 271 g/mol. The summed E-state index contributed by atoms with van der Waals surface area (Å²) in [6.07, 6.45) is 5.26. The third-order valence-corrected chi connectivity index (χ3v) is 4.40. The summed E-state index contributed by atoms with van der Waals surface area (Å²) in [4.78, 5) is -0.198. The molecule has 18 heavy (non-hydrogen) atoms. The Labute approximate surface area is 107 Å². The molecule has 2 rings (SSSR count). The molecule has 1 atom stereocenters. The van der Waals surface area contributed by atoms with Crippen LogP contribution in [0, 0.1) is 5.82 Å². The van der Waals surface area contributed by atoms with E-state index in [2.05, 4.69) is 5.32 Å². The third kappa shape index (κ3) is 3.29. The number of benzene rings is 1. The van der Waals surface area contributed by atoms with Gasteiger partial charge >= 0.3 is 0 Å². The van der Waals surface area contributed by atoms with Crippen molar-refractivity contribution >= 4 is 9.84 Å². The first-order chi connectivity index (χ1) is 8.47. The van der Waals surface area contributed by atoms with Gasteiger partial charge in [0.05, 0.1) is 0 Å². The maximum atomic E-state index is 13.4. The van der Waals surface area contributed by atoms with Crippen molar-refractivity contribution in [2.24, 2.45) is 0 Å². The Kier molecular flexibility index (Phi) is 4.02. The number of nitrogens with one attached hydrogen (secondary N) is 1. The van der Waals surface area contributed by atoms with Crippen molar-refractivity contribution in [3.63, 3.8) is 0 Å². The fourth-order valence-electron chi connectivity index (χ4n) is 2.34. The van der Waals surface area contributed by atoms with Crippen molar-refractivity contribution in [3.8, 4) is 0 Å². The van der Waals surface area contributed by atoms with E-state index in [1.165, 1.54) is 25.0 Å². The number of hydrogen-bond donors (Lipinski definition) is 1. The molecule has 1 fully saturated rings. The van der Waals surface area contributed by atoms with Crippen molar-refractivity contribution in [2.45, 2.75) is 36.6 Å². The number of hydrogen-bond acceptors (Lipinski definition) is 3. The molecule has 0 aliphatic carbocycles. The quantitative estimate of drug-likeness (QED) is 0.913. The molecule has 1 aromatic carbocycles. The summed E-state index contributed by atoms with van der Waals surface area (Å²) in [5.41, 5.74) is 0.872. The van der Waals surface area contributed by atoms with Gasteiger partial charge in [0.25, 0.3) is 0 Å². The number of rotatable bonds is 3. The molecular formula is C13H18FNO2S. The van der Waals surface area contributed by atoms with Crippen molar-refractivity contribution < 1.29 is 12.8 Å². The van der Waals surface area contributed by atoms with Crippen LogP contribution in [-0.4, -0.2) is 27.3 Å². The van der Waals surface area contributed by atoms with E-state index in [4.69, 9.17) is 0 Å². The van der Waals surface area contributed by atoms with Gasteiger partial charge in [0.15, 0.2) is 9.84 Å². The Balaban J connectivity index is 2.19. The van der Waals surface area contributed by atoms with E-state index in [-0.39, 0.29) is 4.90 Å². The zero-order valence-corrected chi connectivity index (χ0v) is 11.3. The lowest BCUT2D eigenvalue weighted by Gasteiger charge is -2.23. The molecule has 3 nitrogen and oxygen atoms in total. The van der Waals surface area contributed by atoms with E-state index in [1.807, 2.05) is 0 Å². The van der Waals surface area contributed by atoms with Crippen molar-refractivity contribution in [2.75, 3.05) is 12.8 Å². The SMILES string of the molecule is CS(=O)(=O)c1cc(CC2CCCCN2)ccc1F. The van der Waals surface area contributed by atoms with E-state index >= 15 is 0 Å². The molecule has 0 amide bonds. The summed E-state index contributed by atoms with van der Waals surface area (Å²) in [6.45, 7) is 1.00. The van der Waals surface area contributed by atoms with Crippen molar-refractivity contribution in [3.05, 3.63) is 29.6 Å². The van der Waals surface area contributed by atoms with Gasteiger partial charge in [-0.1, -0.05) is 12.5 Å². The standard InChI is InChI=1S/C13H18FNO2S/c1-18(16,17)13-9-10(5-6-12(13)14)8-11-4-2-3-7-15-11/h5-6,9,11,15H,2-4,7-8H2,1H3. The molecule has 1 aliphatic rings. The number of sulfone groups is 1. The van der Waals surface area contributed by atoms with Crippen LogP contribution in [0.2, 0.25) is 0 Å². The van der Waals surface area contributed by atoms with Crippen LogP contribution in [0.4, 0.5) is 4.39 Å². The highest BCUT2D eigenvalue weighted by atomic mass is 32.2. The topological polar surface area (TPSA) is 46.2 Å². The van der Waals surface area contributed by atoms with E-state index < -0.39 is 15.7 Å². The first kappa shape index (κ1) is 13.5. The van der Waals surface area contributed by atoms with E-state index in [1.54, 1.807) is 6.07 Å². The first-order valence-electron chi connectivity index (χ1n) is 6.19. The molecular weight excluding hydrogens is 253 g/mol. The Bertz CT molecular complexity index is 522. The largest absolute Gasteiger partial charge is 0.314 e. The molecule has 1 unspecified atom stereocenters. The summed E-state index contributed by atoms with van der Waals surface area (Å²) < 4.78 is 36.3. The minimum Gasteiger partial charge on any atom is -0.314 e. The average molecular weight is 271 g/mol. The predicted molar refractivity (Wildman–Crippen MR) is 68.9 cm³/mol. The number of halogens is 1. The zero-order valence-electron chi connectivity index (χ0n) is 10.4. The second-order valence-electron chi connectivity index (χ2n) is 4.89. The molecule has 0 spiro atoms. The van der Waals surface area contributed by atoms with Gasteiger partial charge in [0.1, 0.15) is 10.7 Å². The molecule has 1 aromatic rings. The molecule has 0 saturated carbocycles. The van der Waals surface area contributed by atoms with Crippen LogP contribution in [0.5, 0.6) is 0 Å². The van der Waals surface area contributed by atoms with Gasteiger partial charge in [-0.2, -0.15) is 0 Å². The number of piperidine rings is 1. The summed E-state index contributed by atoms with van der Waals surface area (Å²) >= 11 is 0. The lowest BCUT2D eigenvalue weighted by molar-refractivity contribution is 0.399. The van der Waals surface area contributed by atoms with E-state index in [9.17, 15) is 12.8 Å². The summed E-state index contributed by atoms with van der Waals surface area (Å²) in [6, 6.07) is 4.74. The van der Waals surface area contributed by atoms with E-state index in [0.29, 0.717) is 6.04 Å². The van der Waals surface area contributed by atoms with Crippen LogP contribution in [0.3, 0.4) is 0 Å². The molecule has 1 N–H and O–H groups in total. The smallest absolute Gasteiger partial charge is 0.178 e. The lowest BCUT2D eigenvalue weighted by atomic mass is 9.98. The van der Waals surface area contributed by atoms with Crippen molar-refractivity contribution in [1.82, 2.24) is 5.32 Å². The molecule has 1 aliphatic heterocycles. The fourth-order valence-corrected chi connectivity index (χ4v) is 3.13. The minimum atomic E-state index is -3.49. The molecule has 100 valence electrons. The summed E-state index contributed by atoms with van der Waals surface area (Å²) in [5, 5.41) is 3.40. The molecule has 0 bridgehead atoms. The minimum absolute atomic E-state index is 0.198.